The highest BCUT2D eigenvalue weighted by molar-refractivity contribution is 6.35. The summed E-state index contributed by atoms with van der Waals surface area (Å²) in [4.78, 5) is 22.2. The highest BCUT2D eigenvalue weighted by Crippen LogP contribution is 2.23. The Morgan fingerprint density at radius 2 is 1.96 bits per heavy atom. The Morgan fingerprint density at radius 1 is 1.15 bits per heavy atom. The standard InChI is InChI=1S/C21H27ClN4O/c1-25-12-9-17(10-13-25)26-11-3-5-16(14-26)23-21(27)19-8-7-15-4-2-6-18(22)20(15)24-19/h2,4,6-8,16-17H,3,5,9-14H2,1H3,(H,23,27). The molecular formula is C21H27ClN4O. The summed E-state index contributed by atoms with van der Waals surface area (Å²) in [5.74, 6) is -0.105. The van der Waals surface area contributed by atoms with Gasteiger partial charge in [-0.1, -0.05) is 29.8 Å². The third-order valence-corrected chi connectivity index (χ3v) is 6.20. The molecule has 1 aromatic carbocycles. The van der Waals surface area contributed by atoms with Crippen molar-refractivity contribution >= 4 is 28.4 Å². The van der Waals surface area contributed by atoms with Gasteiger partial charge in [0, 0.05) is 24.0 Å². The lowest BCUT2D eigenvalue weighted by molar-refractivity contribution is 0.0763. The second-order valence-electron chi connectivity index (χ2n) is 7.85. The molecule has 1 unspecified atom stereocenters. The van der Waals surface area contributed by atoms with Crippen LogP contribution in [-0.4, -0.2) is 66.0 Å². The number of aromatic nitrogens is 1. The minimum atomic E-state index is -0.105. The van der Waals surface area contributed by atoms with Gasteiger partial charge >= 0.3 is 0 Å². The van der Waals surface area contributed by atoms with Gasteiger partial charge in [-0.3, -0.25) is 9.69 Å². The van der Waals surface area contributed by atoms with Gasteiger partial charge in [0.1, 0.15) is 5.69 Å². The number of para-hydroxylation sites is 1. The number of nitrogens with one attached hydrogen (secondary N) is 1. The van der Waals surface area contributed by atoms with Crippen LogP contribution in [0.4, 0.5) is 0 Å². The van der Waals surface area contributed by atoms with Crippen molar-refractivity contribution in [1.82, 2.24) is 20.1 Å². The fourth-order valence-corrected chi connectivity index (χ4v) is 4.54. The number of hydrogen-bond donors (Lipinski definition) is 1. The van der Waals surface area contributed by atoms with Crippen LogP contribution in [0.15, 0.2) is 30.3 Å². The lowest BCUT2D eigenvalue weighted by atomic mass is 9.98. The fourth-order valence-electron chi connectivity index (χ4n) is 4.31. The molecule has 5 nitrogen and oxygen atoms in total. The molecule has 2 fully saturated rings. The summed E-state index contributed by atoms with van der Waals surface area (Å²) in [5.41, 5.74) is 1.12. The minimum absolute atomic E-state index is 0.105. The van der Waals surface area contributed by atoms with E-state index in [2.05, 4.69) is 27.1 Å². The number of likely N-dealkylation sites (tertiary alicyclic amines) is 2. The monoisotopic (exact) mass is 386 g/mol. The van der Waals surface area contributed by atoms with Crippen LogP contribution in [-0.2, 0) is 0 Å². The molecule has 4 rings (SSSR count). The van der Waals surface area contributed by atoms with Crippen LogP contribution in [0, 0.1) is 0 Å². The SMILES string of the molecule is CN1CCC(N2CCCC(NC(=O)c3ccc4cccc(Cl)c4n3)C2)CC1. The molecule has 6 heteroatoms. The van der Waals surface area contributed by atoms with Gasteiger partial charge in [-0.05, 0) is 64.5 Å². The van der Waals surface area contributed by atoms with E-state index in [0.29, 0.717) is 22.3 Å². The number of fused-ring (bicyclic) bond motifs is 1. The van der Waals surface area contributed by atoms with Crippen molar-refractivity contribution in [2.24, 2.45) is 0 Å². The predicted molar refractivity (Wildman–Crippen MR) is 109 cm³/mol. The van der Waals surface area contributed by atoms with Gasteiger partial charge in [0.2, 0.25) is 0 Å². The second-order valence-corrected chi connectivity index (χ2v) is 8.26. The molecule has 0 spiro atoms. The molecule has 144 valence electrons. The molecule has 0 aliphatic carbocycles. The summed E-state index contributed by atoms with van der Waals surface area (Å²) in [6.07, 6.45) is 4.61. The number of nitrogens with zero attached hydrogens (tertiary/aromatic N) is 3. The molecule has 1 aromatic heterocycles. The Morgan fingerprint density at radius 3 is 2.78 bits per heavy atom. The summed E-state index contributed by atoms with van der Waals surface area (Å²) in [5, 5.41) is 4.73. The first-order chi connectivity index (χ1) is 13.1. The summed E-state index contributed by atoms with van der Waals surface area (Å²) in [6, 6.07) is 10.2. The van der Waals surface area contributed by atoms with Crippen molar-refractivity contribution in [2.75, 3.05) is 33.2 Å². The molecule has 0 radical (unpaired) electrons. The van der Waals surface area contributed by atoms with Crippen LogP contribution in [0.1, 0.15) is 36.2 Å². The van der Waals surface area contributed by atoms with Gasteiger partial charge in [-0.2, -0.15) is 0 Å². The molecule has 0 bridgehead atoms. The largest absolute Gasteiger partial charge is 0.347 e. The molecule has 1 atom stereocenters. The van der Waals surface area contributed by atoms with Crippen LogP contribution in [0.3, 0.4) is 0 Å². The number of halogens is 1. The van der Waals surface area contributed by atoms with Crippen molar-refractivity contribution in [3.8, 4) is 0 Å². The number of rotatable bonds is 3. The number of hydrogen-bond acceptors (Lipinski definition) is 4. The maximum atomic E-state index is 12.8. The van der Waals surface area contributed by atoms with E-state index in [1.165, 1.54) is 25.9 Å². The van der Waals surface area contributed by atoms with Crippen molar-refractivity contribution in [2.45, 2.75) is 37.8 Å². The van der Waals surface area contributed by atoms with Gasteiger partial charge in [0.15, 0.2) is 0 Å². The molecule has 2 saturated heterocycles. The van der Waals surface area contributed by atoms with Crippen LogP contribution in [0.25, 0.3) is 10.9 Å². The van der Waals surface area contributed by atoms with Gasteiger partial charge < -0.3 is 10.2 Å². The molecule has 27 heavy (non-hydrogen) atoms. The van der Waals surface area contributed by atoms with Crippen LogP contribution in [0.5, 0.6) is 0 Å². The minimum Gasteiger partial charge on any atom is -0.347 e. The quantitative estimate of drug-likeness (QED) is 0.880. The number of pyridine rings is 1. The van der Waals surface area contributed by atoms with Gasteiger partial charge in [-0.25, -0.2) is 4.98 Å². The third-order valence-electron chi connectivity index (χ3n) is 5.90. The van der Waals surface area contributed by atoms with E-state index >= 15 is 0 Å². The van der Waals surface area contributed by atoms with E-state index in [9.17, 15) is 4.79 Å². The lowest BCUT2D eigenvalue weighted by Crippen LogP contribution is -2.53. The Labute approximate surface area is 165 Å². The van der Waals surface area contributed by atoms with E-state index in [0.717, 1.165) is 31.3 Å². The summed E-state index contributed by atoms with van der Waals surface area (Å²) in [7, 11) is 2.19. The van der Waals surface area contributed by atoms with E-state index in [-0.39, 0.29) is 11.9 Å². The Hall–Kier alpha value is -1.69. The lowest BCUT2D eigenvalue weighted by Gasteiger charge is -2.41. The van der Waals surface area contributed by atoms with E-state index in [1.807, 2.05) is 18.2 Å². The number of benzene rings is 1. The molecule has 1 N–H and O–H groups in total. The maximum absolute atomic E-state index is 12.8. The zero-order chi connectivity index (χ0) is 18.8. The van der Waals surface area contributed by atoms with E-state index in [1.54, 1.807) is 12.1 Å². The van der Waals surface area contributed by atoms with Crippen molar-refractivity contribution in [1.29, 1.82) is 0 Å². The first-order valence-corrected chi connectivity index (χ1v) is 10.3. The Bertz CT molecular complexity index is 819. The molecule has 0 saturated carbocycles. The van der Waals surface area contributed by atoms with Crippen LogP contribution in [0.2, 0.25) is 5.02 Å². The predicted octanol–water partition coefficient (Wildman–Crippen LogP) is 3.18. The summed E-state index contributed by atoms with van der Waals surface area (Å²) in [6.45, 7) is 4.42. The van der Waals surface area contributed by atoms with Gasteiger partial charge in [0.05, 0.1) is 10.5 Å². The summed E-state index contributed by atoms with van der Waals surface area (Å²) < 4.78 is 0. The van der Waals surface area contributed by atoms with Gasteiger partial charge in [0.25, 0.3) is 5.91 Å². The Kier molecular flexibility index (Phi) is 5.62. The van der Waals surface area contributed by atoms with E-state index < -0.39 is 0 Å². The molecule has 2 aliphatic heterocycles. The fraction of sp³-hybridized carbons (Fsp3) is 0.524. The Balaban J connectivity index is 1.41. The maximum Gasteiger partial charge on any atom is 0.270 e. The molecule has 2 aliphatic rings. The number of piperidine rings is 2. The molecular weight excluding hydrogens is 360 g/mol. The zero-order valence-corrected chi connectivity index (χ0v) is 16.6. The topological polar surface area (TPSA) is 48.5 Å². The molecule has 1 amide bonds. The number of carbonyl (C=O) groups excluding carboxylic acids is 1. The van der Waals surface area contributed by atoms with Crippen molar-refractivity contribution < 1.29 is 4.79 Å². The number of amides is 1. The average molecular weight is 387 g/mol. The van der Waals surface area contributed by atoms with Crippen LogP contribution >= 0.6 is 11.6 Å². The highest BCUT2D eigenvalue weighted by Gasteiger charge is 2.29. The first kappa shape index (κ1) is 18.7. The number of carbonyl (C=O) groups is 1. The zero-order valence-electron chi connectivity index (χ0n) is 15.8. The first-order valence-electron chi connectivity index (χ1n) is 9.89. The molecule has 2 aromatic rings. The van der Waals surface area contributed by atoms with Crippen LogP contribution < -0.4 is 5.32 Å². The smallest absolute Gasteiger partial charge is 0.270 e. The average Bonchev–Trinajstić information content (AvgIpc) is 2.69. The van der Waals surface area contributed by atoms with E-state index in [4.69, 9.17) is 11.6 Å². The molecule has 3 heterocycles. The van der Waals surface area contributed by atoms with Crippen molar-refractivity contribution in [3.63, 3.8) is 0 Å². The summed E-state index contributed by atoms with van der Waals surface area (Å²) >= 11 is 6.24. The third kappa shape index (κ3) is 4.26. The highest BCUT2D eigenvalue weighted by atomic mass is 35.5. The second kappa shape index (κ2) is 8.13. The normalized spacial score (nSPS) is 22.8. The van der Waals surface area contributed by atoms with Gasteiger partial charge in [-0.15, -0.1) is 0 Å². The van der Waals surface area contributed by atoms with Crippen molar-refractivity contribution in [3.05, 3.63) is 41.0 Å².